The molecule has 0 saturated carbocycles. The van der Waals surface area contributed by atoms with Gasteiger partial charge in [-0.05, 0) is 31.0 Å². The number of hydrogen-bond donors (Lipinski definition) is 1. The molecule has 0 saturated heterocycles. The van der Waals surface area contributed by atoms with Crippen molar-refractivity contribution in [2.75, 3.05) is 0 Å². The topological polar surface area (TPSA) is 35.2 Å². The SMILES string of the molecule is CCCCCC1CC(N)c2cc(F)ccc2O1. The van der Waals surface area contributed by atoms with Gasteiger partial charge in [0, 0.05) is 18.0 Å². The fourth-order valence-electron chi connectivity index (χ4n) is 2.35. The van der Waals surface area contributed by atoms with Gasteiger partial charge in [0.05, 0.1) is 0 Å². The monoisotopic (exact) mass is 237 g/mol. The third kappa shape index (κ3) is 2.97. The van der Waals surface area contributed by atoms with E-state index in [1.165, 1.54) is 31.4 Å². The largest absolute Gasteiger partial charge is 0.490 e. The molecule has 0 amide bonds. The van der Waals surface area contributed by atoms with Crippen molar-refractivity contribution in [2.45, 2.75) is 51.2 Å². The minimum atomic E-state index is -0.243. The second kappa shape index (κ2) is 5.50. The number of rotatable bonds is 4. The molecule has 0 spiro atoms. The van der Waals surface area contributed by atoms with Crippen molar-refractivity contribution in [1.82, 2.24) is 0 Å². The fourth-order valence-corrected chi connectivity index (χ4v) is 2.35. The van der Waals surface area contributed by atoms with Gasteiger partial charge in [-0.1, -0.05) is 19.8 Å². The molecule has 3 heteroatoms. The maximum absolute atomic E-state index is 13.1. The van der Waals surface area contributed by atoms with E-state index in [0.29, 0.717) is 0 Å². The van der Waals surface area contributed by atoms with Crippen LogP contribution in [0.25, 0.3) is 0 Å². The van der Waals surface area contributed by atoms with Crippen LogP contribution >= 0.6 is 0 Å². The second-order valence-corrected chi connectivity index (χ2v) is 4.76. The quantitative estimate of drug-likeness (QED) is 0.813. The first kappa shape index (κ1) is 12.4. The highest BCUT2D eigenvalue weighted by Gasteiger charge is 2.25. The van der Waals surface area contributed by atoms with Crippen molar-refractivity contribution in [3.63, 3.8) is 0 Å². The van der Waals surface area contributed by atoms with Gasteiger partial charge in [-0.2, -0.15) is 0 Å². The van der Waals surface area contributed by atoms with Crippen LogP contribution in [0, 0.1) is 5.82 Å². The van der Waals surface area contributed by atoms with Crippen molar-refractivity contribution in [1.29, 1.82) is 0 Å². The zero-order chi connectivity index (χ0) is 12.3. The molecule has 1 aromatic rings. The summed E-state index contributed by atoms with van der Waals surface area (Å²) >= 11 is 0. The third-order valence-electron chi connectivity index (χ3n) is 3.31. The first-order chi connectivity index (χ1) is 8.20. The van der Waals surface area contributed by atoms with Crippen LogP contribution in [0.3, 0.4) is 0 Å². The van der Waals surface area contributed by atoms with Gasteiger partial charge in [-0.3, -0.25) is 0 Å². The van der Waals surface area contributed by atoms with E-state index in [9.17, 15) is 4.39 Å². The van der Waals surface area contributed by atoms with Crippen LogP contribution in [0.4, 0.5) is 4.39 Å². The first-order valence-corrected chi connectivity index (χ1v) is 6.42. The summed E-state index contributed by atoms with van der Waals surface area (Å²) in [7, 11) is 0. The molecule has 0 aliphatic carbocycles. The molecule has 2 rings (SSSR count). The van der Waals surface area contributed by atoms with Gasteiger partial charge in [-0.25, -0.2) is 4.39 Å². The Bertz CT molecular complexity index is 380. The Balaban J connectivity index is 2.03. The van der Waals surface area contributed by atoms with E-state index < -0.39 is 0 Å². The van der Waals surface area contributed by atoms with Gasteiger partial charge in [-0.15, -0.1) is 0 Å². The lowest BCUT2D eigenvalue weighted by Gasteiger charge is -2.30. The van der Waals surface area contributed by atoms with E-state index in [1.54, 1.807) is 6.07 Å². The molecule has 2 N–H and O–H groups in total. The molecular formula is C14H20FNO. The van der Waals surface area contributed by atoms with E-state index in [0.717, 1.165) is 24.2 Å². The van der Waals surface area contributed by atoms with Gasteiger partial charge < -0.3 is 10.5 Å². The van der Waals surface area contributed by atoms with Crippen molar-refractivity contribution in [2.24, 2.45) is 5.73 Å². The summed E-state index contributed by atoms with van der Waals surface area (Å²) in [6.45, 7) is 2.19. The predicted octanol–water partition coefficient (Wildman–Crippen LogP) is 3.56. The molecular weight excluding hydrogens is 217 g/mol. The summed E-state index contributed by atoms with van der Waals surface area (Å²) in [6.07, 6.45) is 5.63. The number of halogens is 1. The summed E-state index contributed by atoms with van der Waals surface area (Å²) in [5.74, 6) is 0.513. The molecule has 1 aromatic carbocycles. The van der Waals surface area contributed by atoms with Crippen LogP contribution in [0.15, 0.2) is 18.2 Å². The molecule has 1 aliphatic heterocycles. The molecule has 2 atom stereocenters. The number of unbranched alkanes of at least 4 members (excludes halogenated alkanes) is 2. The molecule has 1 heterocycles. The molecule has 0 fully saturated rings. The first-order valence-electron chi connectivity index (χ1n) is 6.42. The minimum Gasteiger partial charge on any atom is -0.490 e. The van der Waals surface area contributed by atoms with Gasteiger partial charge >= 0.3 is 0 Å². The van der Waals surface area contributed by atoms with Crippen molar-refractivity contribution in [3.05, 3.63) is 29.6 Å². The normalized spacial score (nSPS) is 23.0. The Hall–Kier alpha value is -1.09. The van der Waals surface area contributed by atoms with Crippen molar-refractivity contribution < 1.29 is 9.13 Å². The van der Waals surface area contributed by atoms with Gasteiger partial charge in [0.1, 0.15) is 17.7 Å². The maximum Gasteiger partial charge on any atom is 0.124 e. The van der Waals surface area contributed by atoms with Crippen LogP contribution in [0.1, 0.15) is 50.6 Å². The minimum absolute atomic E-state index is 0.0962. The number of nitrogens with two attached hydrogens (primary N) is 1. The van der Waals surface area contributed by atoms with Gasteiger partial charge in [0.2, 0.25) is 0 Å². The summed E-state index contributed by atoms with van der Waals surface area (Å²) in [6, 6.07) is 4.51. The molecule has 17 heavy (non-hydrogen) atoms. The Morgan fingerprint density at radius 3 is 3.00 bits per heavy atom. The number of hydrogen-bond acceptors (Lipinski definition) is 2. The highest BCUT2D eigenvalue weighted by Crippen LogP contribution is 2.35. The van der Waals surface area contributed by atoms with Crippen LogP contribution < -0.4 is 10.5 Å². The van der Waals surface area contributed by atoms with E-state index in [2.05, 4.69) is 6.92 Å². The predicted molar refractivity (Wildman–Crippen MR) is 66.5 cm³/mol. The zero-order valence-electron chi connectivity index (χ0n) is 10.3. The lowest BCUT2D eigenvalue weighted by Crippen LogP contribution is -2.29. The van der Waals surface area contributed by atoms with Gasteiger partial charge in [0.15, 0.2) is 0 Å². The number of benzene rings is 1. The average Bonchev–Trinajstić information content (AvgIpc) is 2.31. The van der Waals surface area contributed by atoms with E-state index in [-0.39, 0.29) is 18.0 Å². The third-order valence-corrected chi connectivity index (χ3v) is 3.31. The second-order valence-electron chi connectivity index (χ2n) is 4.76. The fraction of sp³-hybridized carbons (Fsp3) is 0.571. The highest BCUT2D eigenvalue weighted by atomic mass is 19.1. The molecule has 1 aliphatic rings. The van der Waals surface area contributed by atoms with E-state index in [1.807, 2.05) is 0 Å². The van der Waals surface area contributed by atoms with Crippen LogP contribution in [0.5, 0.6) is 5.75 Å². The van der Waals surface area contributed by atoms with Crippen LogP contribution in [-0.4, -0.2) is 6.10 Å². The molecule has 2 nitrogen and oxygen atoms in total. The maximum atomic E-state index is 13.1. The van der Waals surface area contributed by atoms with Crippen molar-refractivity contribution in [3.8, 4) is 5.75 Å². The lowest BCUT2D eigenvalue weighted by molar-refractivity contribution is 0.146. The Labute approximate surface area is 102 Å². The van der Waals surface area contributed by atoms with Crippen LogP contribution in [-0.2, 0) is 0 Å². The summed E-state index contributed by atoms with van der Waals surface area (Å²) in [5.41, 5.74) is 6.87. The Morgan fingerprint density at radius 1 is 1.41 bits per heavy atom. The molecule has 2 unspecified atom stereocenters. The van der Waals surface area contributed by atoms with Crippen LogP contribution in [0.2, 0.25) is 0 Å². The van der Waals surface area contributed by atoms with Crippen molar-refractivity contribution >= 4 is 0 Å². The van der Waals surface area contributed by atoms with E-state index in [4.69, 9.17) is 10.5 Å². The number of fused-ring (bicyclic) bond motifs is 1. The summed E-state index contributed by atoms with van der Waals surface area (Å²) in [5, 5.41) is 0. The summed E-state index contributed by atoms with van der Waals surface area (Å²) < 4.78 is 19.0. The average molecular weight is 237 g/mol. The zero-order valence-corrected chi connectivity index (χ0v) is 10.3. The Morgan fingerprint density at radius 2 is 2.24 bits per heavy atom. The summed E-state index contributed by atoms with van der Waals surface area (Å²) in [4.78, 5) is 0. The smallest absolute Gasteiger partial charge is 0.124 e. The molecule has 0 radical (unpaired) electrons. The van der Waals surface area contributed by atoms with E-state index >= 15 is 0 Å². The number of ether oxygens (including phenoxy) is 1. The standard InChI is InChI=1S/C14H20FNO/c1-2-3-4-5-11-9-13(16)12-8-10(15)6-7-14(12)17-11/h6-8,11,13H,2-5,9,16H2,1H3. The highest BCUT2D eigenvalue weighted by molar-refractivity contribution is 5.38. The molecule has 0 bridgehead atoms. The lowest BCUT2D eigenvalue weighted by atomic mass is 9.94. The van der Waals surface area contributed by atoms with Gasteiger partial charge in [0.25, 0.3) is 0 Å². The Kier molecular flexibility index (Phi) is 4.00. The molecule has 94 valence electrons. The molecule has 0 aromatic heterocycles.